The van der Waals surface area contributed by atoms with Gasteiger partial charge in [0.15, 0.2) is 0 Å². The van der Waals surface area contributed by atoms with Gasteiger partial charge in [0.25, 0.3) is 10.0 Å². The summed E-state index contributed by atoms with van der Waals surface area (Å²) in [6.07, 6.45) is 0. The Hall–Kier alpha value is -1.86. The molecular weight excluding hydrogens is 283 g/mol. The van der Waals surface area contributed by atoms with Crippen LogP contribution in [0.5, 0.6) is 0 Å². The minimum Gasteiger partial charge on any atom is -0.446 e. The molecule has 0 atom stereocenters. The number of furan rings is 1. The molecule has 0 aliphatic heterocycles. The highest BCUT2D eigenvalue weighted by molar-refractivity contribution is 7.92. The second-order valence-electron chi connectivity index (χ2n) is 4.12. The molecule has 2 aromatic rings. The molecule has 108 valence electrons. The predicted octanol–water partition coefficient (Wildman–Crippen LogP) is 2.33. The lowest BCUT2D eigenvalue weighted by Gasteiger charge is -2.05. The van der Waals surface area contributed by atoms with Crippen molar-refractivity contribution >= 4 is 15.7 Å². The highest BCUT2D eigenvalue weighted by atomic mass is 32.2. The molecule has 0 saturated heterocycles. The molecule has 0 spiro atoms. The lowest BCUT2D eigenvalue weighted by Crippen LogP contribution is -2.13. The van der Waals surface area contributed by atoms with Gasteiger partial charge >= 0.3 is 0 Å². The van der Waals surface area contributed by atoms with Gasteiger partial charge in [-0.1, -0.05) is 13.0 Å². The standard InChI is InChI=1S/C13H15FN2O3S/c1-2-15-9-12-6-7-13(19-12)20(17,18)16-11-5-3-4-10(14)8-11/h3-8,15-16H,2,9H2,1H3. The Morgan fingerprint density at radius 2 is 2.05 bits per heavy atom. The van der Waals surface area contributed by atoms with Crippen LogP contribution in [0.2, 0.25) is 0 Å². The van der Waals surface area contributed by atoms with Crippen LogP contribution >= 0.6 is 0 Å². The summed E-state index contributed by atoms with van der Waals surface area (Å²) in [6.45, 7) is 3.14. The predicted molar refractivity (Wildman–Crippen MR) is 73.3 cm³/mol. The maximum Gasteiger partial charge on any atom is 0.295 e. The maximum atomic E-state index is 13.0. The molecule has 2 N–H and O–H groups in total. The minimum atomic E-state index is -3.85. The number of anilines is 1. The zero-order valence-electron chi connectivity index (χ0n) is 10.9. The number of benzene rings is 1. The summed E-state index contributed by atoms with van der Waals surface area (Å²) < 4.78 is 44.6. The number of halogens is 1. The Morgan fingerprint density at radius 3 is 2.75 bits per heavy atom. The molecule has 0 radical (unpaired) electrons. The number of hydrogen-bond donors (Lipinski definition) is 2. The summed E-state index contributed by atoms with van der Waals surface area (Å²) in [7, 11) is -3.85. The van der Waals surface area contributed by atoms with Crippen molar-refractivity contribution in [1.82, 2.24) is 5.32 Å². The summed E-state index contributed by atoms with van der Waals surface area (Å²) in [4.78, 5) is 0. The molecule has 0 aliphatic rings. The summed E-state index contributed by atoms with van der Waals surface area (Å²) in [6, 6.07) is 8.17. The van der Waals surface area contributed by atoms with Crippen LogP contribution in [0.1, 0.15) is 12.7 Å². The molecule has 0 bridgehead atoms. The van der Waals surface area contributed by atoms with E-state index < -0.39 is 15.8 Å². The fraction of sp³-hybridized carbons (Fsp3) is 0.231. The number of sulfonamides is 1. The summed E-state index contributed by atoms with van der Waals surface area (Å²) in [5.41, 5.74) is 0.148. The van der Waals surface area contributed by atoms with Crippen molar-refractivity contribution in [1.29, 1.82) is 0 Å². The second kappa shape index (κ2) is 6.06. The molecule has 0 fully saturated rings. The molecule has 0 aliphatic carbocycles. The molecule has 0 amide bonds. The zero-order valence-corrected chi connectivity index (χ0v) is 11.7. The maximum absolute atomic E-state index is 13.0. The third-order valence-electron chi connectivity index (χ3n) is 2.53. The summed E-state index contributed by atoms with van der Waals surface area (Å²) in [5.74, 6) is 0.00365. The lowest BCUT2D eigenvalue weighted by atomic mass is 10.3. The van der Waals surface area contributed by atoms with Crippen molar-refractivity contribution in [2.24, 2.45) is 0 Å². The first-order valence-electron chi connectivity index (χ1n) is 6.09. The van der Waals surface area contributed by atoms with E-state index >= 15 is 0 Å². The first-order chi connectivity index (χ1) is 9.51. The van der Waals surface area contributed by atoms with E-state index in [-0.39, 0.29) is 10.8 Å². The Morgan fingerprint density at radius 1 is 1.25 bits per heavy atom. The van der Waals surface area contributed by atoms with Crippen LogP contribution in [0.4, 0.5) is 10.1 Å². The van der Waals surface area contributed by atoms with Crippen molar-refractivity contribution < 1.29 is 17.2 Å². The first kappa shape index (κ1) is 14.5. The third kappa shape index (κ3) is 3.58. The molecular formula is C13H15FN2O3S. The number of hydrogen-bond acceptors (Lipinski definition) is 4. The van der Waals surface area contributed by atoms with E-state index in [1.54, 1.807) is 6.07 Å². The van der Waals surface area contributed by atoms with E-state index in [0.29, 0.717) is 12.3 Å². The van der Waals surface area contributed by atoms with Crippen LogP contribution < -0.4 is 10.0 Å². The van der Waals surface area contributed by atoms with Gasteiger partial charge in [-0.15, -0.1) is 0 Å². The normalized spacial score (nSPS) is 11.5. The molecule has 2 rings (SSSR count). The van der Waals surface area contributed by atoms with Gasteiger partial charge in [0, 0.05) is 0 Å². The van der Waals surface area contributed by atoms with Crippen LogP contribution in [0.3, 0.4) is 0 Å². The van der Waals surface area contributed by atoms with Crippen LogP contribution in [-0.2, 0) is 16.6 Å². The average Bonchev–Trinajstić information content (AvgIpc) is 2.85. The monoisotopic (exact) mass is 298 g/mol. The first-order valence-corrected chi connectivity index (χ1v) is 7.57. The van der Waals surface area contributed by atoms with Crippen LogP contribution in [0.15, 0.2) is 45.9 Å². The summed E-state index contributed by atoms with van der Waals surface area (Å²) in [5, 5.41) is 2.83. The van der Waals surface area contributed by atoms with Crippen molar-refractivity contribution in [3.63, 3.8) is 0 Å². The largest absolute Gasteiger partial charge is 0.446 e. The molecule has 5 nitrogen and oxygen atoms in total. The van der Waals surface area contributed by atoms with Crippen LogP contribution in [0.25, 0.3) is 0 Å². The number of nitrogens with one attached hydrogen (secondary N) is 2. The molecule has 20 heavy (non-hydrogen) atoms. The van der Waals surface area contributed by atoms with Crippen molar-refractivity contribution in [3.05, 3.63) is 48.0 Å². The Labute approximate surface area is 116 Å². The van der Waals surface area contributed by atoms with Crippen molar-refractivity contribution in [2.75, 3.05) is 11.3 Å². The molecule has 0 unspecified atom stereocenters. The SMILES string of the molecule is CCNCc1ccc(S(=O)(=O)Nc2cccc(F)c2)o1. The fourth-order valence-electron chi connectivity index (χ4n) is 1.60. The van der Waals surface area contributed by atoms with E-state index in [1.807, 2.05) is 6.92 Å². The highest BCUT2D eigenvalue weighted by Crippen LogP contribution is 2.19. The van der Waals surface area contributed by atoms with Crippen molar-refractivity contribution in [2.45, 2.75) is 18.6 Å². The van der Waals surface area contributed by atoms with Gasteiger partial charge in [0.2, 0.25) is 5.09 Å². The van der Waals surface area contributed by atoms with Gasteiger partial charge in [-0.05, 0) is 36.9 Å². The minimum absolute atomic E-state index is 0.148. The van der Waals surface area contributed by atoms with E-state index in [1.165, 1.54) is 24.3 Å². The molecule has 1 aromatic carbocycles. The van der Waals surface area contributed by atoms with E-state index in [4.69, 9.17) is 4.42 Å². The lowest BCUT2D eigenvalue weighted by molar-refractivity contribution is 0.405. The smallest absolute Gasteiger partial charge is 0.295 e. The van der Waals surface area contributed by atoms with Crippen LogP contribution in [-0.4, -0.2) is 15.0 Å². The molecule has 1 heterocycles. The van der Waals surface area contributed by atoms with Gasteiger partial charge < -0.3 is 9.73 Å². The second-order valence-corrected chi connectivity index (χ2v) is 5.73. The van der Waals surface area contributed by atoms with Gasteiger partial charge in [0.05, 0.1) is 12.2 Å². The fourth-order valence-corrected chi connectivity index (χ4v) is 2.61. The van der Waals surface area contributed by atoms with Gasteiger partial charge in [-0.3, -0.25) is 4.72 Å². The quantitative estimate of drug-likeness (QED) is 0.858. The molecule has 7 heteroatoms. The Bertz CT molecular complexity index is 682. The Kier molecular flexibility index (Phi) is 4.41. The molecule has 0 saturated carbocycles. The van der Waals surface area contributed by atoms with Gasteiger partial charge in [0.1, 0.15) is 11.6 Å². The van der Waals surface area contributed by atoms with E-state index in [0.717, 1.165) is 12.6 Å². The number of rotatable bonds is 6. The van der Waals surface area contributed by atoms with Crippen molar-refractivity contribution in [3.8, 4) is 0 Å². The average molecular weight is 298 g/mol. The molecule has 1 aromatic heterocycles. The van der Waals surface area contributed by atoms with Crippen LogP contribution in [0, 0.1) is 5.82 Å². The van der Waals surface area contributed by atoms with Gasteiger partial charge in [-0.2, -0.15) is 8.42 Å². The van der Waals surface area contributed by atoms with Gasteiger partial charge in [-0.25, -0.2) is 4.39 Å². The zero-order chi connectivity index (χ0) is 14.6. The van der Waals surface area contributed by atoms with E-state index in [2.05, 4.69) is 10.0 Å². The topological polar surface area (TPSA) is 71.3 Å². The van der Waals surface area contributed by atoms with E-state index in [9.17, 15) is 12.8 Å². The third-order valence-corrected chi connectivity index (χ3v) is 3.78. The Balaban J connectivity index is 2.16. The summed E-state index contributed by atoms with van der Waals surface area (Å²) >= 11 is 0. The highest BCUT2D eigenvalue weighted by Gasteiger charge is 2.19.